The van der Waals surface area contributed by atoms with E-state index in [1.165, 1.54) is 23.2 Å². The van der Waals surface area contributed by atoms with Crippen molar-refractivity contribution in [2.24, 2.45) is 7.05 Å². The van der Waals surface area contributed by atoms with Crippen molar-refractivity contribution in [2.75, 3.05) is 24.6 Å². The van der Waals surface area contributed by atoms with Gasteiger partial charge in [0.05, 0.1) is 28.8 Å². The molecule has 5 rings (SSSR count). The van der Waals surface area contributed by atoms with Crippen molar-refractivity contribution in [3.8, 4) is 5.75 Å². The number of fused-ring (bicyclic) bond motifs is 1. The topological polar surface area (TPSA) is 76.3 Å². The van der Waals surface area contributed by atoms with Gasteiger partial charge in [-0.2, -0.15) is 13.2 Å². The molecule has 1 aliphatic rings. The predicted molar refractivity (Wildman–Crippen MR) is 134 cm³/mol. The number of alkyl halides is 5. The Morgan fingerprint density at radius 2 is 1.77 bits per heavy atom. The second kappa shape index (κ2) is 9.60. The van der Waals surface area contributed by atoms with Crippen LogP contribution in [-0.4, -0.2) is 50.2 Å². The molecule has 1 N–H and O–H groups in total. The van der Waals surface area contributed by atoms with Crippen molar-refractivity contribution in [1.29, 1.82) is 0 Å². The second-order valence-electron chi connectivity index (χ2n) is 9.54. The van der Waals surface area contributed by atoms with Crippen molar-refractivity contribution in [1.82, 2.24) is 19.5 Å². The minimum Gasteiger partial charge on any atom is -0.482 e. The molecule has 7 nitrogen and oxygen atoms in total. The van der Waals surface area contributed by atoms with E-state index in [0.29, 0.717) is 29.8 Å². The number of ether oxygens (including phenoxy) is 1. The summed E-state index contributed by atoms with van der Waals surface area (Å²) in [6, 6.07) is 6.58. The summed E-state index contributed by atoms with van der Waals surface area (Å²) >= 11 is 6.72. The lowest BCUT2D eigenvalue weighted by atomic mass is 9.83. The van der Waals surface area contributed by atoms with Crippen LogP contribution in [0.15, 0.2) is 49.1 Å². The van der Waals surface area contributed by atoms with Crippen LogP contribution in [0, 0.1) is 0 Å². The summed E-state index contributed by atoms with van der Waals surface area (Å²) in [6.07, 6.45) is 0.00459. The number of aryl methyl sites for hydroxylation is 1. The van der Waals surface area contributed by atoms with Crippen LogP contribution in [0.4, 0.5) is 27.8 Å². The largest absolute Gasteiger partial charge is 0.482 e. The number of hydrogen-bond donors (Lipinski definition) is 1. The van der Waals surface area contributed by atoms with Gasteiger partial charge in [-0.15, -0.1) is 0 Å². The summed E-state index contributed by atoms with van der Waals surface area (Å²) in [5.74, 6) is -2.80. The van der Waals surface area contributed by atoms with Gasteiger partial charge in [-0.3, -0.25) is 4.98 Å². The first-order valence-corrected chi connectivity index (χ1v) is 12.3. The van der Waals surface area contributed by atoms with E-state index in [0.717, 1.165) is 31.7 Å². The lowest BCUT2D eigenvalue weighted by Crippen LogP contribution is -2.38. The Bertz CT molecular complexity index is 1520. The molecular weight excluding hydrogens is 545 g/mol. The van der Waals surface area contributed by atoms with E-state index >= 15 is 0 Å². The molecule has 1 aliphatic heterocycles. The van der Waals surface area contributed by atoms with Crippen molar-refractivity contribution < 1.29 is 31.8 Å². The number of aromatic nitrogens is 4. The summed E-state index contributed by atoms with van der Waals surface area (Å²) in [6.45, 7) is 1.12. The Morgan fingerprint density at radius 3 is 2.31 bits per heavy atom. The zero-order valence-corrected chi connectivity index (χ0v) is 21.6. The van der Waals surface area contributed by atoms with Crippen LogP contribution in [0.25, 0.3) is 10.9 Å². The van der Waals surface area contributed by atoms with Crippen LogP contribution in [0.1, 0.15) is 35.9 Å². The molecule has 13 heteroatoms. The first-order valence-electron chi connectivity index (χ1n) is 11.9. The third-order valence-electron chi connectivity index (χ3n) is 6.56. The third kappa shape index (κ3) is 4.98. The molecule has 0 aliphatic carbocycles. The van der Waals surface area contributed by atoms with Gasteiger partial charge in [-0.25, -0.2) is 18.7 Å². The highest BCUT2D eigenvalue weighted by atomic mass is 35.5. The summed E-state index contributed by atoms with van der Waals surface area (Å²) in [5.41, 5.74) is -2.20. The fraction of sp³-hybridized carbons (Fsp3) is 0.346. The molecule has 4 aromatic rings. The summed E-state index contributed by atoms with van der Waals surface area (Å²) in [7, 11) is 1.62. The summed E-state index contributed by atoms with van der Waals surface area (Å²) < 4.78 is 73.8. The average molecular weight is 568 g/mol. The first kappa shape index (κ1) is 27.1. The highest BCUT2D eigenvalue weighted by molar-refractivity contribution is 6.37. The molecule has 1 fully saturated rings. The molecule has 0 amide bonds. The fourth-order valence-corrected chi connectivity index (χ4v) is 4.72. The quantitative estimate of drug-likeness (QED) is 0.295. The number of benzene rings is 1. The van der Waals surface area contributed by atoms with Crippen LogP contribution < -0.4 is 9.64 Å². The fourth-order valence-electron chi connectivity index (χ4n) is 4.43. The van der Waals surface area contributed by atoms with E-state index in [-0.39, 0.29) is 27.6 Å². The van der Waals surface area contributed by atoms with Gasteiger partial charge in [-0.1, -0.05) is 23.7 Å². The van der Waals surface area contributed by atoms with Crippen molar-refractivity contribution in [3.05, 3.63) is 76.6 Å². The third-order valence-corrected chi connectivity index (χ3v) is 6.94. The normalized spacial score (nSPS) is 15.8. The van der Waals surface area contributed by atoms with Crippen molar-refractivity contribution in [3.63, 3.8) is 0 Å². The number of imidazole rings is 1. The molecule has 0 spiro atoms. The van der Waals surface area contributed by atoms with E-state index in [1.54, 1.807) is 19.2 Å². The minimum absolute atomic E-state index is 0.0113. The molecule has 39 heavy (non-hydrogen) atoms. The highest BCUT2D eigenvalue weighted by Crippen LogP contribution is 2.44. The van der Waals surface area contributed by atoms with Crippen LogP contribution in [0.3, 0.4) is 0 Å². The average Bonchev–Trinajstić information content (AvgIpc) is 3.27. The smallest absolute Gasteiger partial charge is 0.433 e. The SMILES string of the molecule is Cn1cncc1C(O)(c1ccc(C(F)(F)F)nc1)c1ccc2nc(N3CCC3)c(OCC(C)(F)F)c(Cl)c2c1. The van der Waals surface area contributed by atoms with E-state index in [4.69, 9.17) is 16.3 Å². The van der Waals surface area contributed by atoms with Gasteiger partial charge in [0.1, 0.15) is 5.69 Å². The van der Waals surface area contributed by atoms with E-state index in [2.05, 4.69) is 15.0 Å². The Hall–Kier alpha value is -3.51. The lowest BCUT2D eigenvalue weighted by molar-refractivity contribution is -0.141. The Labute approximate surface area is 224 Å². The molecule has 1 atom stereocenters. The molecule has 3 aromatic heterocycles. The van der Waals surface area contributed by atoms with E-state index < -0.39 is 30.0 Å². The molecular formula is C26H23ClF5N5O2. The molecule has 0 bridgehead atoms. The van der Waals surface area contributed by atoms with Crippen LogP contribution >= 0.6 is 11.6 Å². The standard InChI is InChI=1S/C26H23ClF5N5O2/c1-24(28,29)13-39-22-21(27)17-10-15(4-6-18(17)35-23(22)37-8-3-9-37)25(38,20-12-33-14-36(20)2)16-5-7-19(34-11-16)26(30,31)32/h4-7,10-12,14,38H,3,8-9,13H2,1-2H3. The number of halogens is 6. The monoisotopic (exact) mass is 567 g/mol. The lowest BCUT2D eigenvalue weighted by Gasteiger charge is -2.34. The van der Waals surface area contributed by atoms with Gasteiger partial charge in [-0.05, 0) is 30.2 Å². The number of nitrogens with zero attached hydrogens (tertiary/aromatic N) is 5. The second-order valence-corrected chi connectivity index (χ2v) is 9.92. The molecule has 0 radical (unpaired) electrons. The zero-order chi connectivity index (χ0) is 28.2. The van der Waals surface area contributed by atoms with Crippen LogP contribution in [0.2, 0.25) is 5.02 Å². The number of rotatable bonds is 7. The molecule has 0 saturated carbocycles. The molecule has 206 valence electrons. The predicted octanol–water partition coefficient (Wildman–Crippen LogP) is 5.56. The van der Waals surface area contributed by atoms with Crippen LogP contribution in [0.5, 0.6) is 5.75 Å². The van der Waals surface area contributed by atoms with Gasteiger partial charge >= 0.3 is 6.18 Å². The van der Waals surface area contributed by atoms with Gasteiger partial charge in [0, 0.05) is 44.2 Å². The number of aliphatic hydroxyl groups is 1. The summed E-state index contributed by atoms with van der Waals surface area (Å²) in [5, 5.41) is 12.4. The highest BCUT2D eigenvalue weighted by Gasteiger charge is 2.39. The maximum Gasteiger partial charge on any atom is 0.433 e. The molecule has 1 saturated heterocycles. The van der Waals surface area contributed by atoms with Crippen molar-refractivity contribution in [2.45, 2.75) is 31.0 Å². The maximum absolute atomic E-state index is 13.7. The number of hydrogen-bond acceptors (Lipinski definition) is 6. The van der Waals surface area contributed by atoms with Gasteiger partial charge < -0.3 is 19.3 Å². The Kier molecular flexibility index (Phi) is 6.66. The van der Waals surface area contributed by atoms with Gasteiger partial charge in [0.25, 0.3) is 5.92 Å². The molecule has 1 unspecified atom stereocenters. The van der Waals surface area contributed by atoms with Gasteiger partial charge in [0.15, 0.2) is 23.8 Å². The van der Waals surface area contributed by atoms with E-state index in [1.807, 2.05) is 4.90 Å². The first-order chi connectivity index (χ1) is 18.3. The summed E-state index contributed by atoms with van der Waals surface area (Å²) in [4.78, 5) is 14.0. The van der Waals surface area contributed by atoms with Crippen molar-refractivity contribution >= 4 is 28.3 Å². The van der Waals surface area contributed by atoms with Gasteiger partial charge in [0.2, 0.25) is 0 Å². The Morgan fingerprint density at radius 1 is 1.05 bits per heavy atom. The minimum atomic E-state index is -4.66. The Balaban J connectivity index is 1.69. The molecule has 1 aromatic carbocycles. The zero-order valence-electron chi connectivity index (χ0n) is 20.8. The number of anilines is 1. The molecule has 4 heterocycles. The van der Waals surface area contributed by atoms with E-state index in [9.17, 15) is 27.1 Å². The maximum atomic E-state index is 13.7. The van der Waals surface area contributed by atoms with Crippen LogP contribution in [-0.2, 0) is 18.8 Å². The number of pyridine rings is 2.